The van der Waals surface area contributed by atoms with Crippen molar-refractivity contribution in [1.82, 2.24) is 9.97 Å². The standard InChI is InChI=1S/C18H18N4O5S/c23-13-7-6-12(10-13)21(28(26,27)14-4-2-1-3-5-14)17-15-8-9-19-18(15)20-11-16(17)22(24)25/h1-5,8-9,11-13,23H,6-7,10H2,(H,19,20). The molecule has 2 heterocycles. The van der Waals surface area contributed by atoms with Crippen LogP contribution >= 0.6 is 0 Å². The highest BCUT2D eigenvalue weighted by molar-refractivity contribution is 7.93. The third-order valence-electron chi connectivity index (χ3n) is 4.96. The van der Waals surface area contributed by atoms with Gasteiger partial charge in [-0.15, -0.1) is 0 Å². The number of hydrogen-bond donors (Lipinski definition) is 2. The maximum Gasteiger partial charge on any atom is 0.312 e. The van der Waals surface area contributed by atoms with Gasteiger partial charge in [0.25, 0.3) is 10.0 Å². The number of benzene rings is 1. The predicted octanol–water partition coefficient (Wildman–Crippen LogP) is 2.58. The predicted molar refractivity (Wildman–Crippen MR) is 103 cm³/mol. The Bertz CT molecular complexity index is 1130. The van der Waals surface area contributed by atoms with Crippen molar-refractivity contribution in [2.75, 3.05) is 4.31 Å². The molecule has 146 valence electrons. The van der Waals surface area contributed by atoms with Crippen molar-refractivity contribution < 1.29 is 18.4 Å². The van der Waals surface area contributed by atoms with Crippen molar-refractivity contribution in [3.8, 4) is 0 Å². The molecule has 0 aliphatic heterocycles. The van der Waals surface area contributed by atoms with Gasteiger partial charge in [-0.05, 0) is 37.5 Å². The van der Waals surface area contributed by atoms with Gasteiger partial charge in [-0.3, -0.25) is 14.4 Å². The largest absolute Gasteiger partial charge is 0.393 e. The van der Waals surface area contributed by atoms with Gasteiger partial charge in [-0.25, -0.2) is 13.4 Å². The SMILES string of the molecule is O=[N+]([O-])c1cnc2[nH]ccc2c1N(C1CCC(O)C1)S(=O)(=O)c1ccccc1. The third-order valence-corrected chi connectivity index (χ3v) is 6.83. The average Bonchev–Trinajstić information content (AvgIpc) is 3.31. The van der Waals surface area contributed by atoms with Gasteiger partial charge in [0.15, 0.2) is 0 Å². The summed E-state index contributed by atoms with van der Waals surface area (Å²) in [7, 11) is -4.11. The molecule has 0 saturated heterocycles. The van der Waals surface area contributed by atoms with Crippen LogP contribution in [0.5, 0.6) is 0 Å². The molecule has 4 rings (SSSR count). The lowest BCUT2D eigenvalue weighted by molar-refractivity contribution is -0.384. The van der Waals surface area contributed by atoms with Crippen molar-refractivity contribution in [2.45, 2.75) is 36.3 Å². The molecule has 3 aromatic rings. The first-order valence-corrected chi connectivity index (χ1v) is 10.2. The summed E-state index contributed by atoms with van der Waals surface area (Å²) >= 11 is 0. The van der Waals surface area contributed by atoms with Crippen LogP contribution in [0.3, 0.4) is 0 Å². The van der Waals surface area contributed by atoms with Crippen LogP contribution in [0.1, 0.15) is 19.3 Å². The number of aliphatic hydroxyl groups excluding tert-OH is 1. The molecule has 2 atom stereocenters. The van der Waals surface area contributed by atoms with Crippen LogP contribution in [-0.2, 0) is 10.0 Å². The molecule has 2 aromatic heterocycles. The number of anilines is 1. The number of aliphatic hydroxyl groups is 1. The quantitative estimate of drug-likeness (QED) is 0.498. The van der Waals surface area contributed by atoms with Crippen molar-refractivity contribution in [2.24, 2.45) is 0 Å². The summed E-state index contributed by atoms with van der Waals surface area (Å²) in [6.07, 6.45) is 3.01. The van der Waals surface area contributed by atoms with E-state index in [4.69, 9.17) is 0 Å². The Morgan fingerprint density at radius 1 is 1.21 bits per heavy atom. The van der Waals surface area contributed by atoms with E-state index in [9.17, 15) is 23.6 Å². The topological polar surface area (TPSA) is 129 Å². The van der Waals surface area contributed by atoms with Crippen LogP contribution < -0.4 is 4.31 Å². The smallest absolute Gasteiger partial charge is 0.312 e. The number of H-pyrrole nitrogens is 1. The maximum absolute atomic E-state index is 13.6. The number of aromatic amines is 1. The minimum Gasteiger partial charge on any atom is -0.393 e. The first-order valence-electron chi connectivity index (χ1n) is 8.77. The second-order valence-corrected chi connectivity index (χ2v) is 8.54. The van der Waals surface area contributed by atoms with Gasteiger partial charge in [0.05, 0.1) is 21.3 Å². The maximum atomic E-state index is 13.6. The summed E-state index contributed by atoms with van der Waals surface area (Å²) in [4.78, 5) is 18.0. The third kappa shape index (κ3) is 3.00. The summed E-state index contributed by atoms with van der Waals surface area (Å²) in [5, 5.41) is 22.1. The number of aromatic nitrogens is 2. The van der Waals surface area contributed by atoms with Gasteiger partial charge in [0.2, 0.25) is 0 Å². The molecule has 0 amide bonds. The fourth-order valence-corrected chi connectivity index (χ4v) is 5.45. The minimum atomic E-state index is -4.11. The highest BCUT2D eigenvalue weighted by Gasteiger charge is 2.40. The van der Waals surface area contributed by atoms with Gasteiger partial charge in [-0.2, -0.15) is 0 Å². The fourth-order valence-electron chi connectivity index (χ4n) is 3.70. The molecular weight excluding hydrogens is 384 g/mol. The highest BCUT2D eigenvalue weighted by Crippen LogP contribution is 2.42. The highest BCUT2D eigenvalue weighted by atomic mass is 32.2. The monoisotopic (exact) mass is 402 g/mol. The average molecular weight is 402 g/mol. The molecule has 0 radical (unpaired) electrons. The first kappa shape index (κ1) is 18.4. The normalized spacial score (nSPS) is 19.8. The molecule has 9 nitrogen and oxygen atoms in total. The molecule has 0 spiro atoms. The molecule has 2 N–H and O–H groups in total. The van der Waals surface area contributed by atoms with E-state index in [2.05, 4.69) is 9.97 Å². The molecular formula is C18H18N4O5S. The Morgan fingerprint density at radius 3 is 2.61 bits per heavy atom. The number of rotatable bonds is 5. The lowest BCUT2D eigenvalue weighted by Gasteiger charge is -2.30. The minimum absolute atomic E-state index is 0.0285. The van der Waals surface area contributed by atoms with E-state index in [0.717, 1.165) is 10.5 Å². The van der Waals surface area contributed by atoms with Crippen LogP contribution in [-0.4, -0.2) is 40.6 Å². The molecule has 10 heteroatoms. The molecule has 0 bridgehead atoms. The number of pyridine rings is 1. The van der Waals surface area contributed by atoms with Gasteiger partial charge < -0.3 is 10.1 Å². The van der Waals surface area contributed by atoms with Crippen LogP contribution in [0, 0.1) is 10.1 Å². The molecule has 2 unspecified atom stereocenters. The number of nitro groups is 1. The van der Waals surface area contributed by atoms with Crippen molar-refractivity contribution >= 4 is 32.4 Å². The molecule has 1 aromatic carbocycles. The van der Waals surface area contributed by atoms with Crippen molar-refractivity contribution in [1.29, 1.82) is 0 Å². The molecule has 1 fully saturated rings. The van der Waals surface area contributed by atoms with Gasteiger partial charge in [-0.1, -0.05) is 18.2 Å². The summed E-state index contributed by atoms with van der Waals surface area (Å²) in [6, 6.07) is 8.78. The lowest BCUT2D eigenvalue weighted by atomic mass is 10.2. The molecule has 28 heavy (non-hydrogen) atoms. The zero-order valence-corrected chi connectivity index (χ0v) is 15.5. The zero-order chi connectivity index (χ0) is 19.9. The van der Waals surface area contributed by atoms with E-state index in [-0.39, 0.29) is 17.0 Å². The summed E-state index contributed by atoms with van der Waals surface area (Å²) in [5.41, 5.74) is -0.0698. The Balaban J connectivity index is 2.00. The molecule has 1 saturated carbocycles. The molecule has 1 aliphatic carbocycles. The second-order valence-electron chi connectivity index (χ2n) is 6.72. The Labute approximate surface area is 160 Å². The number of nitrogens with one attached hydrogen (secondary N) is 1. The van der Waals surface area contributed by atoms with Crippen LogP contribution in [0.15, 0.2) is 53.7 Å². The Hall–Kier alpha value is -2.98. The van der Waals surface area contributed by atoms with Crippen LogP contribution in [0.4, 0.5) is 11.4 Å². The van der Waals surface area contributed by atoms with Crippen LogP contribution in [0.25, 0.3) is 11.0 Å². The number of hydrogen-bond acceptors (Lipinski definition) is 6. The Morgan fingerprint density at radius 2 is 1.96 bits per heavy atom. The van der Waals surface area contributed by atoms with Crippen LogP contribution in [0.2, 0.25) is 0 Å². The number of nitrogens with zero attached hydrogens (tertiary/aromatic N) is 3. The fraction of sp³-hybridized carbons (Fsp3) is 0.278. The van der Waals surface area contributed by atoms with E-state index in [1.54, 1.807) is 30.5 Å². The zero-order valence-electron chi connectivity index (χ0n) is 14.7. The summed E-state index contributed by atoms with van der Waals surface area (Å²) in [6.45, 7) is 0. The van der Waals surface area contributed by atoms with Gasteiger partial charge in [0, 0.05) is 12.2 Å². The van der Waals surface area contributed by atoms with E-state index >= 15 is 0 Å². The number of sulfonamides is 1. The van der Waals surface area contributed by atoms with Gasteiger partial charge in [0.1, 0.15) is 17.5 Å². The van der Waals surface area contributed by atoms with E-state index in [1.807, 2.05) is 0 Å². The first-order chi connectivity index (χ1) is 13.4. The second kappa shape index (κ2) is 6.88. The Kier molecular flexibility index (Phi) is 4.52. The molecule has 1 aliphatic rings. The van der Waals surface area contributed by atoms with E-state index in [0.29, 0.717) is 23.9 Å². The van der Waals surface area contributed by atoms with Crippen molar-refractivity contribution in [3.63, 3.8) is 0 Å². The van der Waals surface area contributed by atoms with Gasteiger partial charge >= 0.3 is 5.69 Å². The van der Waals surface area contributed by atoms with E-state index < -0.39 is 32.8 Å². The van der Waals surface area contributed by atoms with Crippen molar-refractivity contribution in [3.05, 3.63) is 58.9 Å². The summed E-state index contributed by atoms with van der Waals surface area (Å²) in [5.74, 6) is 0. The lowest BCUT2D eigenvalue weighted by Crippen LogP contribution is -2.40. The summed E-state index contributed by atoms with van der Waals surface area (Å²) < 4.78 is 28.2. The number of fused-ring (bicyclic) bond motifs is 1. The van der Waals surface area contributed by atoms with E-state index in [1.165, 1.54) is 12.1 Å².